The summed E-state index contributed by atoms with van der Waals surface area (Å²) in [4.78, 5) is 4.63. The van der Waals surface area contributed by atoms with Gasteiger partial charge in [0.05, 0.1) is 19.8 Å². The van der Waals surface area contributed by atoms with Gasteiger partial charge in [-0.05, 0) is 35.7 Å². The molecule has 0 aliphatic rings. The summed E-state index contributed by atoms with van der Waals surface area (Å²) in [5.41, 5.74) is 5.99. The van der Waals surface area contributed by atoms with E-state index in [1.54, 1.807) is 7.11 Å². The van der Waals surface area contributed by atoms with E-state index in [2.05, 4.69) is 46.7 Å². The lowest BCUT2D eigenvalue weighted by Crippen LogP contribution is -2.15. The number of hydrogen-bond acceptors (Lipinski definition) is 4. The van der Waals surface area contributed by atoms with E-state index in [1.807, 2.05) is 49.4 Å². The molecule has 1 unspecified atom stereocenters. The zero-order valence-corrected chi connectivity index (χ0v) is 16.6. The van der Waals surface area contributed by atoms with Crippen molar-refractivity contribution in [2.45, 2.75) is 13.0 Å². The summed E-state index contributed by atoms with van der Waals surface area (Å²) in [6.07, 6.45) is 0. The van der Waals surface area contributed by atoms with Crippen LogP contribution in [0.1, 0.15) is 17.3 Å². The predicted octanol–water partition coefficient (Wildman–Crippen LogP) is 5.36. The maximum atomic E-state index is 10.1. The molecule has 1 aromatic heterocycles. The summed E-state index contributed by atoms with van der Waals surface area (Å²) in [6.45, 7) is 1.94. The Kier molecular flexibility index (Phi) is 5.45. The van der Waals surface area contributed by atoms with Gasteiger partial charge in [0.25, 0.3) is 0 Å². The van der Waals surface area contributed by atoms with Crippen LogP contribution in [0, 0.1) is 6.92 Å². The Morgan fingerprint density at radius 2 is 1.66 bits per heavy atom. The van der Waals surface area contributed by atoms with Crippen LogP contribution in [0.2, 0.25) is 0 Å². The summed E-state index contributed by atoms with van der Waals surface area (Å²) in [5, 5.41) is 14.5. The number of fused-ring (bicyclic) bond motifs is 1. The average molecular weight is 384 g/mol. The van der Waals surface area contributed by atoms with Crippen LogP contribution in [-0.2, 0) is 0 Å². The Morgan fingerprint density at radius 3 is 2.34 bits per heavy atom. The Hall–Kier alpha value is -3.37. The van der Waals surface area contributed by atoms with E-state index >= 15 is 0 Å². The number of nitrogens with one attached hydrogen (secondary N) is 1. The molecule has 4 aromatic rings. The number of methoxy groups -OCH3 is 1. The SMILES string of the molecule is COc1cccc2c(NC(CO)c3ccc(-c4ccccc4)cc3)cc(C)nc12. The number of nitrogens with zero attached hydrogens (tertiary/aromatic N) is 1. The van der Waals surface area contributed by atoms with Crippen molar-refractivity contribution in [3.8, 4) is 16.9 Å². The van der Waals surface area contributed by atoms with Crippen LogP contribution in [0.15, 0.2) is 78.9 Å². The molecule has 146 valence electrons. The molecule has 0 radical (unpaired) electrons. The number of aryl methyl sites for hydroxylation is 1. The van der Waals surface area contributed by atoms with E-state index in [9.17, 15) is 5.11 Å². The summed E-state index contributed by atoms with van der Waals surface area (Å²) in [7, 11) is 1.65. The van der Waals surface area contributed by atoms with Gasteiger partial charge in [-0.3, -0.25) is 0 Å². The molecule has 0 bridgehead atoms. The van der Waals surface area contributed by atoms with E-state index < -0.39 is 0 Å². The number of aliphatic hydroxyl groups is 1. The number of ether oxygens (including phenoxy) is 1. The highest BCUT2D eigenvalue weighted by Crippen LogP contribution is 2.32. The molecular formula is C25H24N2O2. The number of aliphatic hydroxyl groups excluding tert-OH is 1. The third-order valence-corrected chi connectivity index (χ3v) is 5.08. The topological polar surface area (TPSA) is 54.4 Å². The molecule has 0 saturated heterocycles. The molecule has 2 N–H and O–H groups in total. The van der Waals surface area contributed by atoms with Crippen molar-refractivity contribution in [2.24, 2.45) is 0 Å². The Labute approximate surface area is 170 Å². The molecule has 0 aliphatic heterocycles. The minimum absolute atomic E-state index is 0.0164. The minimum Gasteiger partial charge on any atom is -0.494 e. The first-order chi connectivity index (χ1) is 14.2. The van der Waals surface area contributed by atoms with Crippen molar-refractivity contribution in [2.75, 3.05) is 19.0 Å². The van der Waals surface area contributed by atoms with Crippen molar-refractivity contribution in [1.82, 2.24) is 4.98 Å². The molecular weight excluding hydrogens is 360 g/mol. The molecule has 1 heterocycles. The monoisotopic (exact) mass is 384 g/mol. The lowest BCUT2D eigenvalue weighted by Gasteiger charge is -2.20. The molecule has 3 aromatic carbocycles. The van der Waals surface area contributed by atoms with Gasteiger partial charge in [-0.25, -0.2) is 4.98 Å². The number of aromatic nitrogens is 1. The molecule has 29 heavy (non-hydrogen) atoms. The highest BCUT2D eigenvalue weighted by Gasteiger charge is 2.14. The van der Waals surface area contributed by atoms with Gasteiger partial charge in [0.15, 0.2) is 0 Å². The van der Waals surface area contributed by atoms with Gasteiger partial charge >= 0.3 is 0 Å². The van der Waals surface area contributed by atoms with Gasteiger partial charge in [-0.1, -0.05) is 66.7 Å². The Morgan fingerprint density at radius 1 is 0.931 bits per heavy atom. The van der Waals surface area contributed by atoms with Crippen LogP contribution < -0.4 is 10.1 Å². The van der Waals surface area contributed by atoms with Crippen molar-refractivity contribution < 1.29 is 9.84 Å². The third kappa shape index (κ3) is 3.93. The molecule has 0 amide bonds. The van der Waals surface area contributed by atoms with Gasteiger partial charge in [0, 0.05) is 16.8 Å². The molecule has 4 heteroatoms. The van der Waals surface area contributed by atoms with Crippen molar-refractivity contribution in [3.63, 3.8) is 0 Å². The van der Waals surface area contributed by atoms with Crippen molar-refractivity contribution in [3.05, 3.63) is 90.1 Å². The van der Waals surface area contributed by atoms with Crippen molar-refractivity contribution >= 4 is 16.6 Å². The van der Waals surface area contributed by atoms with Crippen LogP contribution in [0.25, 0.3) is 22.0 Å². The Bertz CT molecular complexity index is 1110. The fourth-order valence-corrected chi connectivity index (χ4v) is 3.59. The van der Waals surface area contributed by atoms with Gasteiger partial charge in [-0.15, -0.1) is 0 Å². The van der Waals surface area contributed by atoms with E-state index in [0.717, 1.165) is 39.2 Å². The first-order valence-corrected chi connectivity index (χ1v) is 9.66. The largest absolute Gasteiger partial charge is 0.494 e. The fraction of sp³-hybridized carbons (Fsp3) is 0.160. The Balaban J connectivity index is 1.66. The fourth-order valence-electron chi connectivity index (χ4n) is 3.59. The number of hydrogen-bond donors (Lipinski definition) is 2. The summed E-state index contributed by atoms with van der Waals surface area (Å²) in [6, 6.07) is 26.2. The molecule has 4 nitrogen and oxygen atoms in total. The van der Waals surface area contributed by atoms with Gasteiger partial charge in [0.1, 0.15) is 11.3 Å². The summed E-state index contributed by atoms with van der Waals surface area (Å²) >= 11 is 0. The molecule has 4 rings (SSSR count). The zero-order chi connectivity index (χ0) is 20.2. The number of anilines is 1. The van der Waals surface area contributed by atoms with Crippen LogP contribution in [0.3, 0.4) is 0 Å². The summed E-state index contributed by atoms with van der Waals surface area (Å²) < 4.78 is 5.47. The number of para-hydroxylation sites is 1. The van der Waals surface area contributed by atoms with Gasteiger partial charge in [0.2, 0.25) is 0 Å². The second kappa shape index (κ2) is 8.33. The van der Waals surface area contributed by atoms with Crippen LogP contribution >= 0.6 is 0 Å². The highest BCUT2D eigenvalue weighted by atomic mass is 16.5. The van der Waals surface area contributed by atoms with Crippen LogP contribution in [-0.4, -0.2) is 23.8 Å². The minimum atomic E-state index is -0.226. The smallest absolute Gasteiger partial charge is 0.145 e. The van der Waals surface area contributed by atoms with Crippen molar-refractivity contribution in [1.29, 1.82) is 0 Å². The van der Waals surface area contributed by atoms with Gasteiger partial charge in [-0.2, -0.15) is 0 Å². The first kappa shape index (κ1) is 19.0. The molecule has 0 aliphatic carbocycles. The lowest BCUT2D eigenvalue weighted by molar-refractivity contribution is 0.276. The molecule has 0 saturated carbocycles. The lowest BCUT2D eigenvalue weighted by atomic mass is 10.0. The normalized spacial score (nSPS) is 12.0. The molecule has 0 fully saturated rings. The maximum absolute atomic E-state index is 10.1. The zero-order valence-electron chi connectivity index (χ0n) is 16.6. The second-order valence-electron chi connectivity index (χ2n) is 7.04. The predicted molar refractivity (Wildman–Crippen MR) is 118 cm³/mol. The quantitative estimate of drug-likeness (QED) is 0.470. The number of pyridine rings is 1. The van der Waals surface area contributed by atoms with E-state index in [-0.39, 0.29) is 12.6 Å². The number of benzene rings is 3. The van der Waals surface area contributed by atoms with Crippen LogP contribution in [0.4, 0.5) is 5.69 Å². The number of rotatable bonds is 6. The third-order valence-electron chi connectivity index (χ3n) is 5.08. The maximum Gasteiger partial charge on any atom is 0.145 e. The highest BCUT2D eigenvalue weighted by molar-refractivity contribution is 5.95. The first-order valence-electron chi connectivity index (χ1n) is 9.66. The molecule has 1 atom stereocenters. The van der Waals surface area contributed by atoms with Gasteiger partial charge < -0.3 is 15.2 Å². The van der Waals surface area contributed by atoms with E-state index in [1.165, 1.54) is 5.56 Å². The second-order valence-corrected chi connectivity index (χ2v) is 7.04. The van der Waals surface area contributed by atoms with E-state index in [0.29, 0.717) is 0 Å². The van der Waals surface area contributed by atoms with Crippen LogP contribution in [0.5, 0.6) is 5.75 Å². The standard InChI is InChI=1S/C25H24N2O2/c1-17-15-22(21-9-6-10-24(29-2)25(21)26-17)27-23(16-28)20-13-11-19(12-14-20)18-7-4-3-5-8-18/h3-15,23,28H,16H2,1-2H3,(H,26,27). The average Bonchev–Trinajstić information content (AvgIpc) is 2.77. The van der Waals surface area contributed by atoms with E-state index in [4.69, 9.17) is 4.74 Å². The molecule has 0 spiro atoms. The summed E-state index contributed by atoms with van der Waals surface area (Å²) in [5.74, 6) is 0.738.